The fraction of sp³-hybridized carbons (Fsp3) is 0.286. The van der Waals surface area contributed by atoms with Gasteiger partial charge in [0, 0.05) is 4.47 Å². The third-order valence-electron chi connectivity index (χ3n) is 5.32. The minimum atomic E-state index is -0.985. The van der Waals surface area contributed by atoms with Gasteiger partial charge >= 0.3 is 0 Å². The molecule has 2 N–H and O–H groups in total. The number of nitrogens with two attached hydrogens (primary N) is 1. The first-order valence-electron chi connectivity index (χ1n) is 9.34. The monoisotopic (exact) mass is 457 g/mol. The highest BCUT2D eigenvalue weighted by Gasteiger charge is 2.60. The fourth-order valence-corrected chi connectivity index (χ4v) is 4.19. The van der Waals surface area contributed by atoms with Gasteiger partial charge in [-0.15, -0.1) is 0 Å². The van der Waals surface area contributed by atoms with Crippen LogP contribution in [0.1, 0.15) is 24.1 Å². The van der Waals surface area contributed by atoms with Gasteiger partial charge < -0.3 is 5.73 Å². The van der Waals surface area contributed by atoms with Crippen LogP contribution in [0.5, 0.6) is 0 Å². The van der Waals surface area contributed by atoms with E-state index >= 15 is 0 Å². The van der Waals surface area contributed by atoms with Gasteiger partial charge in [-0.05, 0) is 41.8 Å². The van der Waals surface area contributed by atoms with Crippen molar-refractivity contribution in [3.8, 4) is 0 Å². The molecule has 0 radical (unpaired) electrons. The average Bonchev–Trinajstić information content (AvgIpc) is 3.18. The Morgan fingerprint density at radius 2 is 1.72 bits per heavy atom. The van der Waals surface area contributed by atoms with Gasteiger partial charge in [0.1, 0.15) is 6.54 Å². The van der Waals surface area contributed by atoms with E-state index in [1.54, 1.807) is 12.1 Å². The highest BCUT2D eigenvalue weighted by atomic mass is 79.9. The molecule has 0 aromatic heterocycles. The molecule has 2 aromatic rings. The maximum Gasteiger partial charge on any atom is 0.265 e. The number of carbonyl (C=O) groups excluding carboxylic acids is 3. The Bertz CT molecular complexity index is 961. The molecule has 0 saturated carbocycles. The molecule has 3 unspecified atom stereocenters. The van der Waals surface area contributed by atoms with Crippen molar-refractivity contribution in [2.45, 2.75) is 25.5 Å². The molecule has 150 valence electrons. The van der Waals surface area contributed by atoms with E-state index in [0.717, 1.165) is 22.0 Å². The normalized spacial score (nSPS) is 24.2. The first kappa shape index (κ1) is 19.8. The van der Waals surface area contributed by atoms with E-state index in [1.165, 1.54) is 9.96 Å². The lowest BCUT2D eigenvalue weighted by molar-refractivity contribution is -0.175. The molecule has 0 aliphatic carbocycles. The maximum atomic E-state index is 13.3. The summed E-state index contributed by atoms with van der Waals surface area (Å²) in [6, 6.07) is 14.1. The Kier molecular flexibility index (Phi) is 5.24. The number of hydrogen-bond acceptors (Lipinski definition) is 5. The summed E-state index contributed by atoms with van der Waals surface area (Å²) in [5, 5.41) is 1.36. The maximum absolute atomic E-state index is 13.3. The number of primary amides is 1. The molecular weight excluding hydrogens is 438 g/mol. The van der Waals surface area contributed by atoms with E-state index < -0.39 is 29.9 Å². The molecular formula is C21H20BrN3O4. The second-order valence-electron chi connectivity index (χ2n) is 7.12. The van der Waals surface area contributed by atoms with Crippen molar-refractivity contribution in [1.82, 2.24) is 5.06 Å². The van der Waals surface area contributed by atoms with Crippen LogP contribution in [0.2, 0.25) is 0 Å². The summed E-state index contributed by atoms with van der Waals surface area (Å²) in [4.78, 5) is 44.8. The average molecular weight is 458 g/mol. The summed E-state index contributed by atoms with van der Waals surface area (Å²) >= 11 is 3.39. The fourth-order valence-electron chi connectivity index (χ4n) is 3.93. The smallest absolute Gasteiger partial charge is 0.265 e. The van der Waals surface area contributed by atoms with Crippen molar-refractivity contribution in [3.63, 3.8) is 0 Å². The number of hydroxylamine groups is 2. The van der Waals surface area contributed by atoms with Crippen LogP contribution in [-0.2, 0) is 25.6 Å². The van der Waals surface area contributed by atoms with E-state index in [4.69, 9.17) is 10.6 Å². The second kappa shape index (κ2) is 7.70. The predicted molar refractivity (Wildman–Crippen MR) is 109 cm³/mol. The summed E-state index contributed by atoms with van der Waals surface area (Å²) in [7, 11) is 0. The molecule has 2 aromatic carbocycles. The third-order valence-corrected chi connectivity index (χ3v) is 5.85. The molecule has 3 amide bonds. The molecule has 2 fully saturated rings. The van der Waals surface area contributed by atoms with E-state index in [-0.39, 0.29) is 12.5 Å². The minimum absolute atomic E-state index is 0.209. The van der Waals surface area contributed by atoms with Crippen LogP contribution in [0, 0.1) is 5.92 Å². The van der Waals surface area contributed by atoms with Crippen molar-refractivity contribution in [1.29, 1.82) is 0 Å². The van der Waals surface area contributed by atoms with Crippen LogP contribution >= 0.6 is 15.9 Å². The van der Waals surface area contributed by atoms with Crippen LogP contribution in [-0.4, -0.2) is 35.4 Å². The van der Waals surface area contributed by atoms with Gasteiger partial charge in [0.2, 0.25) is 11.8 Å². The Morgan fingerprint density at radius 3 is 2.31 bits per heavy atom. The number of hydrogen-bond donors (Lipinski definition) is 1. The van der Waals surface area contributed by atoms with Crippen molar-refractivity contribution in [3.05, 3.63) is 64.1 Å². The summed E-state index contributed by atoms with van der Waals surface area (Å²) in [5.74, 6) is -2.13. The van der Waals surface area contributed by atoms with Crippen LogP contribution in [0.15, 0.2) is 53.0 Å². The molecule has 4 rings (SSSR count). The standard InChI is InChI=1S/C21H20BrN3O4/c1-2-12-3-9-15(10-4-12)25-20(27)17-18(13-5-7-14(22)8-6-13)24(11-16(23)26)29-19(17)21(25)28/h3-10,17-19H,2,11H2,1H3,(H2,23,26). The number of anilines is 1. The molecule has 3 atom stereocenters. The molecule has 7 nitrogen and oxygen atoms in total. The molecule has 0 bridgehead atoms. The van der Waals surface area contributed by atoms with E-state index in [2.05, 4.69) is 15.9 Å². The van der Waals surface area contributed by atoms with E-state index in [1.807, 2.05) is 43.3 Å². The zero-order chi connectivity index (χ0) is 20.7. The van der Waals surface area contributed by atoms with Crippen LogP contribution in [0.3, 0.4) is 0 Å². The predicted octanol–water partition coefficient (Wildman–Crippen LogP) is 2.34. The quantitative estimate of drug-likeness (QED) is 0.695. The lowest BCUT2D eigenvalue weighted by Crippen LogP contribution is -2.40. The Morgan fingerprint density at radius 1 is 1.07 bits per heavy atom. The first-order valence-corrected chi connectivity index (χ1v) is 10.1. The number of carbonyl (C=O) groups is 3. The highest BCUT2D eigenvalue weighted by molar-refractivity contribution is 9.10. The summed E-state index contributed by atoms with van der Waals surface area (Å²) in [6.07, 6.45) is -0.120. The largest absolute Gasteiger partial charge is 0.368 e. The molecule has 2 aliphatic heterocycles. The number of imide groups is 1. The SMILES string of the molecule is CCc1ccc(N2C(=O)C3ON(CC(N)=O)C(c4ccc(Br)cc4)C3C2=O)cc1. The number of fused-ring (bicyclic) bond motifs is 1. The van der Waals surface area contributed by atoms with Crippen molar-refractivity contribution >= 4 is 39.3 Å². The Balaban J connectivity index is 1.70. The lowest BCUT2D eigenvalue weighted by Gasteiger charge is -2.26. The first-order chi connectivity index (χ1) is 13.9. The summed E-state index contributed by atoms with van der Waals surface area (Å²) in [6.45, 7) is 1.83. The van der Waals surface area contributed by atoms with E-state index in [0.29, 0.717) is 5.69 Å². The van der Waals surface area contributed by atoms with Gasteiger partial charge in [-0.2, -0.15) is 5.06 Å². The van der Waals surface area contributed by atoms with Crippen LogP contribution in [0.25, 0.3) is 0 Å². The zero-order valence-electron chi connectivity index (χ0n) is 15.7. The molecule has 29 heavy (non-hydrogen) atoms. The number of rotatable bonds is 5. The van der Waals surface area contributed by atoms with E-state index in [9.17, 15) is 14.4 Å². The highest BCUT2D eigenvalue weighted by Crippen LogP contribution is 2.45. The van der Waals surface area contributed by atoms with Crippen molar-refractivity contribution in [2.75, 3.05) is 11.4 Å². The van der Waals surface area contributed by atoms with Gasteiger partial charge in [-0.1, -0.05) is 47.1 Å². The molecule has 2 saturated heterocycles. The van der Waals surface area contributed by atoms with Crippen molar-refractivity contribution in [2.24, 2.45) is 11.7 Å². The summed E-state index contributed by atoms with van der Waals surface area (Å²) in [5.41, 5.74) is 7.76. The Hall–Kier alpha value is -2.55. The molecule has 8 heteroatoms. The van der Waals surface area contributed by atoms with Gasteiger partial charge in [0.25, 0.3) is 5.91 Å². The van der Waals surface area contributed by atoms with Crippen LogP contribution in [0.4, 0.5) is 5.69 Å². The van der Waals surface area contributed by atoms with Gasteiger partial charge in [-0.25, -0.2) is 4.90 Å². The zero-order valence-corrected chi connectivity index (χ0v) is 17.3. The minimum Gasteiger partial charge on any atom is -0.368 e. The molecule has 2 aliphatic rings. The molecule has 2 heterocycles. The number of aryl methyl sites for hydroxylation is 1. The Labute approximate surface area is 176 Å². The lowest BCUT2D eigenvalue weighted by atomic mass is 9.91. The van der Waals surface area contributed by atoms with Crippen molar-refractivity contribution < 1.29 is 19.2 Å². The van der Waals surface area contributed by atoms with Gasteiger partial charge in [0.15, 0.2) is 6.10 Å². The summed E-state index contributed by atoms with van der Waals surface area (Å²) < 4.78 is 0.879. The number of benzene rings is 2. The van der Waals surface area contributed by atoms with Gasteiger partial charge in [-0.3, -0.25) is 19.2 Å². The number of nitrogens with zero attached hydrogens (tertiary/aromatic N) is 2. The number of halogens is 1. The number of amides is 3. The third kappa shape index (κ3) is 3.48. The second-order valence-corrected chi connectivity index (χ2v) is 8.04. The van der Waals surface area contributed by atoms with Gasteiger partial charge in [0.05, 0.1) is 17.6 Å². The molecule has 0 spiro atoms. The van der Waals surface area contributed by atoms with Crippen LogP contribution < -0.4 is 10.6 Å². The topological polar surface area (TPSA) is 92.9 Å².